The number of aromatic nitrogens is 4. The highest BCUT2D eigenvalue weighted by Crippen LogP contribution is 2.26. The highest BCUT2D eigenvalue weighted by molar-refractivity contribution is 5.63. The van der Waals surface area contributed by atoms with Crippen molar-refractivity contribution in [1.29, 1.82) is 0 Å². The van der Waals surface area contributed by atoms with E-state index in [4.69, 9.17) is 9.26 Å². The smallest absolute Gasteiger partial charge is 0.267 e. The summed E-state index contributed by atoms with van der Waals surface area (Å²) in [5, 5.41) is 7.97. The number of nitrogens with zero attached hydrogens (tertiary/aromatic N) is 4. The molecule has 0 aliphatic heterocycles. The molecule has 112 valence electrons. The maximum atomic E-state index is 11.8. The van der Waals surface area contributed by atoms with Gasteiger partial charge in [-0.05, 0) is 24.6 Å². The Kier molecular flexibility index (Phi) is 3.69. The van der Waals surface area contributed by atoms with Crippen LogP contribution in [0.25, 0.3) is 11.4 Å². The molecule has 3 aromatic rings. The minimum absolute atomic E-state index is 0.126. The van der Waals surface area contributed by atoms with Gasteiger partial charge in [0, 0.05) is 6.07 Å². The Hall–Kier alpha value is -2.96. The zero-order valence-electron chi connectivity index (χ0n) is 12.2. The average molecular weight is 298 g/mol. The molecule has 0 aliphatic rings. The molecule has 22 heavy (non-hydrogen) atoms. The van der Waals surface area contributed by atoms with Crippen LogP contribution < -0.4 is 10.3 Å². The quantitative estimate of drug-likeness (QED) is 0.728. The van der Waals surface area contributed by atoms with Crippen LogP contribution in [0.4, 0.5) is 0 Å². The number of hydrogen-bond donors (Lipinski definition) is 0. The molecule has 2 aromatic heterocycles. The van der Waals surface area contributed by atoms with E-state index in [1.54, 1.807) is 13.3 Å². The topological polar surface area (TPSA) is 83.0 Å². The van der Waals surface area contributed by atoms with Crippen molar-refractivity contribution in [2.45, 2.75) is 13.5 Å². The lowest BCUT2D eigenvalue weighted by atomic mass is 10.2. The Balaban J connectivity index is 1.89. The maximum absolute atomic E-state index is 11.8. The van der Waals surface area contributed by atoms with Gasteiger partial charge in [-0.15, -0.1) is 0 Å². The van der Waals surface area contributed by atoms with Crippen molar-refractivity contribution in [2.24, 2.45) is 0 Å². The van der Waals surface area contributed by atoms with E-state index >= 15 is 0 Å². The Labute approximate surface area is 126 Å². The van der Waals surface area contributed by atoms with Crippen molar-refractivity contribution < 1.29 is 9.26 Å². The van der Waals surface area contributed by atoms with Crippen LogP contribution in [0.2, 0.25) is 0 Å². The third-order valence-corrected chi connectivity index (χ3v) is 3.11. The summed E-state index contributed by atoms with van der Waals surface area (Å²) in [6.07, 6.45) is 1.61. The van der Waals surface area contributed by atoms with E-state index < -0.39 is 0 Å². The van der Waals surface area contributed by atoms with Crippen molar-refractivity contribution >= 4 is 0 Å². The van der Waals surface area contributed by atoms with Crippen molar-refractivity contribution in [3.05, 3.63) is 58.3 Å². The first kappa shape index (κ1) is 14.0. The SMILES string of the molecule is COc1ccccc1-c1noc(Cn2ncc(C)cc2=O)n1. The summed E-state index contributed by atoms with van der Waals surface area (Å²) in [4.78, 5) is 16.1. The molecule has 0 unspecified atom stereocenters. The van der Waals surface area contributed by atoms with Gasteiger partial charge in [-0.3, -0.25) is 4.79 Å². The van der Waals surface area contributed by atoms with Crippen LogP contribution in [0.15, 0.2) is 45.8 Å². The van der Waals surface area contributed by atoms with Gasteiger partial charge >= 0.3 is 0 Å². The van der Waals surface area contributed by atoms with E-state index in [0.29, 0.717) is 17.5 Å². The van der Waals surface area contributed by atoms with Crippen LogP contribution in [-0.2, 0) is 6.54 Å². The molecule has 0 saturated carbocycles. The summed E-state index contributed by atoms with van der Waals surface area (Å²) >= 11 is 0. The second-order valence-electron chi connectivity index (χ2n) is 4.74. The molecular formula is C15H14N4O3. The lowest BCUT2D eigenvalue weighted by Gasteiger charge is -2.03. The molecule has 3 rings (SSSR count). The highest BCUT2D eigenvalue weighted by Gasteiger charge is 2.13. The van der Waals surface area contributed by atoms with Crippen molar-refractivity contribution in [2.75, 3.05) is 7.11 Å². The summed E-state index contributed by atoms with van der Waals surface area (Å²) in [6.45, 7) is 1.94. The molecule has 0 atom stereocenters. The molecule has 0 saturated heterocycles. The third kappa shape index (κ3) is 2.73. The monoisotopic (exact) mass is 298 g/mol. The summed E-state index contributed by atoms with van der Waals surface area (Å²) in [5.74, 6) is 1.37. The number of aryl methyl sites for hydroxylation is 1. The molecule has 0 bridgehead atoms. The number of rotatable bonds is 4. The molecule has 0 radical (unpaired) electrons. The van der Waals surface area contributed by atoms with Gasteiger partial charge in [0.1, 0.15) is 12.3 Å². The molecular weight excluding hydrogens is 284 g/mol. The Morgan fingerprint density at radius 3 is 2.91 bits per heavy atom. The lowest BCUT2D eigenvalue weighted by Crippen LogP contribution is -2.22. The van der Waals surface area contributed by atoms with Crippen LogP contribution in [0, 0.1) is 6.92 Å². The molecule has 0 fully saturated rings. The molecule has 0 amide bonds. The first-order chi connectivity index (χ1) is 10.7. The van der Waals surface area contributed by atoms with E-state index in [0.717, 1.165) is 11.1 Å². The van der Waals surface area contributed by atoms with Gasteiger partial charge in [0.25, 0.3) is 5.56 Å². The lowest BCUT2D eigenvalue weighted by molar-refractivity contribution is 0.362. The standard InChI is InChI=1S/C15H14N4O3/c1-10-7-14(20)19(16-8-10)9-13-17-15(18-22-13)11-5-3-4-6-12(11)21-2/h3-8H,9H2,1-2H3. The van der Waals surface area contributed by atoms with Crippen molar-refractivity contribution in [1.82, 2.24) is 19.9 Å². The molecule has 7 heteroatoms. The normalized spacial score (nSPS) is 10.6. The number of para-hydroxylation sites is 1. The first-order valence-corrected chi connectivity index (χ1v) is 6.67. The second kappa shape index (κ2) is 5.80. The van der Waals surface area contributed by atoms with Gasteiger partial charge in [-0.25, -0.2) is 4.68 Å². The fourth-order valence-electron chi connectivity index (χ4n) is 2.03. The fourth-order valence-corrected chi connectivity index (χ4v) is 2.03. The summed E-state index contributed by atoms with van der Waals surface area (Å²) < 4.78 is 11.7. The van der Waals surface area contributed by atoms with Gasteiger partial charge in [-0.1, -0.05) is 17.3 Å². The van der Waals surface area contributed by atoms with Crippen LogP contribution in [-0.4, -0.2) is 27.0 Å². The van der Waals surface area contributed by atoms with Gasteiger partial charge in [0.05, 0.1) is 18.9 Å². The second-order valence-corrected chi connectivity index (χ2v) is 4.74. The number of hydrogen-bond acceptors (Lipinski definition) is 6. The third-order valence-electron chi connectivity index (χ3n) is 3.11. The number of ether oxygens (including phenoxy) is 1. The van der Waals surface area contributed by atoms with E-state index in [1.165, 1.54) is 10.7 Å². The first-order valence-electron chi connectivity index (χ1n) is 6.67. The largest absolute Gasteiger partial charge is 0.496 e. The Morgan fingerprint density at radius 1 is 1.32 bits per heavy atom. The van der Waals surface area contributed by atoms with E-state index in [2.05, 4.69) is 15.2 Å². The summed E-state index contributed by atoms with van der Waals surface area (Å²) in [5.41, 5.74) is 1.32. The molecule has 0 aliphatic carbocycles. The molecule has 0 spiro atoms. The molecule has 0 N–H and O–H groups in total. The molecule has 7 nitrogen and oxygen atoms in total. The minimum Gasteiger partial charge on any atom is -0.496 e. The van der Waals surface area contributed by atoms with Crippen LogP contribution in [0.5, 0.6) is 5.75 Å². The maximum Gasteiger partial charge on any atom is 0.267 e. The summed E-state index contributed by atoms with van der Waals surface area (Å²) in [7, 11) is 1.58. The van der Waals surface area contributed by atoms with E-state index in [1.807, 2.05) is 31.2 Å². The zero-order valence-corrected chi connectivity index (χ0v) is 12.2. The Morgan fingerprint density at radius 2 is 2.14 bits per heavy atom. The van der Waals surface area contributed by atoms with Crippen LogP contribution in [0.3, 0.4) is 0 Å². The predicted octanol–water partition coefficient (Wildman–Crippen LogP) is 1.66. The fraction of sp³-hybridized carbons (Fsp3) is 0.200. The van der Waals surface area contributed by atoms with E-state index in [9.17, 15) is 4.79 Å². The van der Waals surface area contributed by atoms with Crippen LogP contribution >= 0.6 is 0 Å². The minimum atomic E-state index is -0.211. The molecule has 1 aromatic carbocycles. The summed E-state index contributed by atoms with van der Waals surface area (Å²) in [6, 6.07) is 8.88. The van der Waals surface area contributed by atoms with Gasteiger partial charge in [0.2, 0.25) is 11.7 Å². The zero-order chi connectivity index (χ0) is 15.5. The van der Waals surface area contributed by atoms with Crippen LogP contribution in [0.1, 0.15) is 11.5 Å². The van der Waals surface area contributed by atoms with Crippen molar-refractivity contribution in [3.8, 4) is 17.1 Å². The van der Waals surface area contributed by atoms with Gasteiger partial charge < -0.3 is 9.26 Å². The van der Waals surface area contributed by atoms with Gasteiger partial charge in [-0.2, -0.15) is 10.1 Å². The predicted molar refractivity (Wildman–Crippen MR) is 78.6 cm³/mol. The van der Waals surface area contributed by atoms with Gasteiger partial charge in [0.15, 0.2) is 0 Å². The number of benzene rings is 1. The van der Waals surface area contributed by atoms with Crippen molar-refractivity contribution in [3.63, 3.8) is 0 Å². The molecule has 2 heterocycles. The highest BCUT2D eigenvalue weighted by atomic mass is 16.5. The number of methoxy groups -OCH3 is 1. The Bertz CT molecular complexity index is 854. The average Bonchev–Trinajstić information content (AvgIpc) is 2.98. The van der Waals surface area contributed by atoms with E-state index in [-0.39, 0.29) is 12.1 Å².